The molecular formula is C26H25F3N8O3. The van der Waals surface area contributed by atoms with Gasteiger partial charge in [-0.3, -0.25) is 4.79 Å². The predicted molar refractivity (Wildman–Crippen MR) is 143 cm³/mol. The summed E-state index contributed by atoms with van der Waals surface area (Å²) in [5.41, 5.74) is -0.655. The molecule has 3 aromatic heterocycles. The molecule has 0 saturated carbocycles. The number of amides is 2. The molecule has 1 aromatic carbocycles. The van der Waals surface area contributed by atoms with Crippen LogP contribution in [0.5, 0.6) is 5.75 Å². The Bertz CT molecular complexity index is 1560. The Labute approximate surface area is 225 Å². The summed E-state index contributed by atoms with van der Waals surface area (Å²) in [6.07, 6.45) is 0.781. The van der Waals surface area contributed by atoms with Crippen LogP contribution in [0.1, 0.15) is 18.4 Å². The van der Waals surface area contributed by atoms with Crippen LogP contribution in [0.3, 0.4) is 0 Å². The number of aromatic nitrogens is 4. The zero-order valence-electron chi connectivity index (χ0n) is 21.2. The molecule has 11 nitrogen and oxygen atoms in total. The molecule has 4 N–H and O–H groups in total. The number of halogens is 3. The summed E-state index contributed by atoms with van der Waals surface area (Å²) in [7, 11) is 1.99. The molecule has 0 unspecified atom stereocenters. The predicted octanol–water partition coefficient (Wildman–Crippen LogP) is 4.59. The number of pyridine rings is 2. The second-order valence-corrected chi connectivity index (χ2v) is 9.25. The normalized spacial score (nSPS) is 14.6. The van der Waals surface area contributed by atoms with E-state index in [1.807, 2.05) is 7.05 Å². The highest BCUT2D eigenvalue weighted by Gasteiger charge is 2.32. The molecular weight excluding hydrogens is 529 g/mol. The number of carbonyl (C=O) groups excluding carboxylic acids is 1. The van der Waals surface area contributed by atoms with E-state index in [9.17, 15) is 22.8 Å². The van der Waals surface area contributed by atoms with Gasteiger partial charge in [0.25, 0.3) is 0 Å². The van der Waals surface area contributed by atoms with Gasteiger partial charge in [-0.2, -0.15) is 13.2 Å². The van der Waals surface area contributed by atoms with Crippen LogP contribution in [0, 0.1) is 0 Å². The fraction of sp³-hybridized carbons (Fsp3) is 0.269. The van der Waals surface area contributed by atoms with E-state index in [-0.39, 0.29) is 39.9 Å². The standard InChI is InChI=1S/C26H25F3N8O3/c1-37-10-7-17(8-11-37)40-20-4-2-15(26(27,28)29)12-18(20)35-25(39)34-16-3-5-21(31-13-16)36-24-22-19(38)6-9-30-23(22)32-14-33-24/h2-6,9,12-14,17H,7-8,10-11H2,1H3,(H2,34,35,39)(H2,30,31,32,33,36,38). The number of anilines is 4. The number of ether oxygens (including phenoxy) is 1. The van der Waals surface area contributed by atoms with Gasteiger partial charge in [0.2, 0.25) is 0 Å². The van der Waals surface area contributed by atoms with Crippen molar-refractivity contribution in [1.82, 2.24) is 24.8 Å². The number of alkyl halides is 3. The van der Waals surface area contributed by atoms with E-state index in [1.54, 1.807) is 6.07 Å². The van der Waals surface area contributed by atoms with Gasteiger partial charge in [0.1, 0.15) is 40.8 Å². The van der Waals surface area contributed by atoms with Crippen molar-refractivity contribution in [2.45, 2.75) is 25.1 Å². The van der Waals surface area contributed by atoms with E-state index >= 15 is 0 Å². The number of nitrogens with zero attached hydrogens (tertiary/aromatic N) is 4. The van der Waals surface area contributed by atoms with Gasteiger partial charge in [-0.1, -0.05) is 0 Å². The Balaban J connectivity index is 1.28. The zero-order valence-corrected chi connectivity index (χ0v) is 21.2. The topological polar surface area (TPSA) is 137 Å². The van der Waals surface area contributed by atoms with Crippen molar-refractivity contribution in [3.63, 3.8) is 0 Å². The lowest BCUT2D eigenvalue weighted by Crippen LogP contribution is -2.35. The van der Waals surface area contributed by atoms with Crippen LogP contribution in [0.2, 0.25) is 0 Å². The molecule has 0 radical (unpaired) electrons. The van der Waals surface area contributed by atoms with E-state index in [4.69, 9.17) is 4.74 Å². The third kappa shape index (κ3) is 6.29. The second kappa shape index (κ2) is 11.2. The van der Waals surface area contributed by atoms with Gasteiger partial charge in [0.05, 0.1) is 23.1 Å². The van der Waals surface area contributed by atoms with E-state index in [0.29, 0.717) is 24.3 Å². The number of H-pyrrole nitrogens is 1. The zero-order chi connectivity index (χ0) is 28.3. The minimum Gasteiger partial charge on any atom is -0.488 e. The lowest BCUT2D eigenvalue weighted by molar-refractivity contribution is -0.137. The molecule has 1 saturated heterocycles. The number of fused-ring (bicyclic) bond motifs is 1. The summed E-state index contributed by atoms with van der Waals surface area (Å²) in [4.78, 5) is 42.3. The van der Waals surface area contributed by atoms with E-state index < -0.39 is 17.8 Å². The fourth-order valence-corrected chi connectivity index (χ4v) is 4.24. The molecule has 0 atom stereocenters. The molecule has 1 aliphatic rings. The van der Waals surface area contributed by atoms with Crippen molar-refractivity contribution in [3.05, 3.63) is 70.9 Å². The first-order chi connectivity index (χ1) is 19.2. The molecule has 5 rings (SSSR count). The molecule has 0 spiro atoms. The van der Waals surface area contributed by atoms with Gasteiger partial charge in [-0.25, -0.2) is 19.7 Å². The summed E-state index contributed by atoms with van der Waals surface area (Å²) < 4.78 is 46.1. The van der Waals surface area contributed by atoms with Crippen molar-refractivity contribution in [2.75, 3.05) is 36.1 Å². The third-order valence-corrected chi connectivity index (χ3v) is 6.33. The van der Waals surface area contributed by atoms with Crippen LogP contribution in [-0.2, 0) is 6.18 Å². The second-order valence-electron chi connectivity index (χ2n) is 9.25. The number of rotatable bonds is 6. The summed E-state index contributed by atoms with van der Waals surface area (Å²) in [6, 6.07) is 6.65. The maximum absolute atomic E-state index is 13.4. The molecule has 2 amide bonds. The van der Waals surface area contributed by atoms with Gasteiger partial charge in [-0.15, -0.1) is 0 Å². The molecule has 0 aliphatic carbocycles. The van der Waals surface area contributed by atoms with Gasteiger partial charge in [0.15, 0.2) is 5.43 Å². The monoisotopic (exact) mass is 554 g/mol. The Morgan fingerprint density at radius 3 is 2.60 bits per heavy atom. The Morgan fingerprint density at radius 1 is 1.07 bits per heavy atom. The van der Waals surface area contributed by atoms with Crippen LogP contribution in [0.4, 0.5) is 41.0 Å². The number of hydrogen-bond donors (Lipinski definition) is 4. The quantitative estimate of drug-likeness (QED) is 0.272. The van der Waals surface area contributed by atoms with E-state index in [2.05, 4.69) is 40.8 Å². The lowest BCUT2D eigenvalue weighted by Gasteiger charge is -2.30. The van der Waals surface area contributed by atoms with E-state index in [0.717, 1.165) is 25.2 Å². The molecule has 0 bridgehead atoms. The molecule has 4 aromatic rings. The highest BCUT2D eigenvalue weighted by molar-refractivity contribution is 6.00. The van der Waals surface area contributed by atoms with Crippen LogP contribution in [0.15, 0.2) is 59.9 Å². The van der Waals surface area contributed by atoms with Crippen molar-refractivity contribution >= 4 is 40.1 Å². The summed E-state index contributed by atoms with van der Waals surface area (Å²) in [5.74, 6) is 0.739. The van der Waals surface area contributed by atoms with Gasteiger partial charge >= 0.3 is 12.2 Å². The highest BCUT2D eigenvalue weighted by Crippen LogP contribution is 2.36. The number of carbonyl (C=O) groups is 1. The van der Waals surface area contributed by atoms with Crippen molar-refractivity contribution < 1.29 is 22.7 Å². The first-order valence-electron chi connectivity index (χ1n) is 12.4. The molecule has 1 aliphatic heterocycles. The summed E-state index contributed by atoms with van der Waals surface area (Å²) >= 11 is 0. The minimum absolute atomic E-state index is 0.0987. The Kier molecular flexibility index (Phi) is 7.51. The average molecular weight is 555 g/mol. The molecule has 14 heteroatoms. The first kappa shape index (κ1) is 26.9. The smallest absolute Gasteiger partial charge is 0.416 e. The number of nitrogens with one attached hydrogen (secondary N) is 4. The number of piperidine rings is 1. The fourth-order valence-electron chi connectivity index (χ4n) is 4.24. The highest BCUT2D eigenvalue weighted by atomic mass is 19.4. The van der Waals surface area contributed by atoms with Crippen LogP contribution < -0.4 is 26.1 Å². The summed E-state index contributed by atoms with van der Waals surface area (Å²) in [6.45, 7) is 1.60. The molecule has 4 heterocycles. The number of likely N-dealkylation sites (tertiary alicyclic amines) is 1. The van der Waals surface area contributed by atoms with Crippen molar-refractivity contribution in [2.24, 2.45) is 0 Å². The molecule has 208 valence electrons. The SMILES string of the molecule is CN1CCC(Oc2ccc(C(F)(F)F)cc2NC(=O)Nc2ccc(Nc3ncnc4[nH]ccc(=O)c34)nc2)CC1. The minimum atomic E-state index is -4.59. The summed E-state index contributed by atoms with van der Waals surface area (Å²) in [5, 5.41) is 8.22. The van der Waals surface area contributed by atoms with Gasteiger partial charge < -0.3 is 30.6 Å². The van der Waals surface area contributed by atoms with Gasteiger partial charge in [0, 0.05) is 25.4 Å². The van der Waals surface area contributed by atoms with Crippen LogP contribution in [0.25, 0.3) is 11.0 Å². The molecule has 40 heavy (non-hydrogen) atoms. The van der Waals surface area contributed by atoms with Crippen molar-refractivity contribution in [1.29, 1.82) is 0 Å². The van der Waals surface area contributed by atoms with Crippen molar-refractivity contribution in [3.8, 4) is 5.75 Å². The van der Waals surface area contributed by atoms with E-state index in [1.165, 1.54) is 36.9 Å². The lowest BCUT2D eigenvalue weighted by atomic mass is 10.1. The Hall–Kier alpha value is -4.72. The van der Waals surface area contributed by atoms with Gasteiger partial charge in [-0.05, 0) is 50.2 Å². The number of aromatic amines is 1. The van der Waals surface area contributed by atoms with Crippen LogP contribution >= 0.6 is 0 Å². The average Bonchev–Trinajstić information content (AvgIpc) is 2.91. The molecule has 1 fully saturated rings. The number of benzene rings is 1. The first-order valence-corrected chi connectivity index (χ1v) is 12.4. The van der Waals surface area contributed by atoms with Crippen LogP contribution in [-0.4, -0.2) is 57.1 Å². The number of urea groups is 1. The number of hydrogen-bond acceptors (Lipinski definition) is 8. The third-order valence-electron chi connectivity index (χ3n) is 6.33. The largest absolute Gasteiger partial charge is 0.488 e. The Morgan fingerprint density at radius 2 is 1.88 bits per heavy atom. The maximum atomic E-state index is 13.4. The maximum Gasteiger partial charge on any atom is 0.416 e.